The SMILES string of the molecule is Cc1ccc(/C=N\NC(=O)Cc2nc3sc(C)c(C)c3c(=O)[nH]2)c(C)c1. The Balaban J connectivity index is 1.71. The largest absolute Gasteiger partial charge is 0.309 e. The van der Waals surface area contributed by atoms with Crippen molar-refractivity contribution in [3.63, 3.8) is 0 Å². The molecule has 0 aliphatic rings. The number of H-pyrrole nitrogens is 1. The van der Waals surface area contributed by atoms with E-state index in [0.29, 0.717) is 16.0 Å². The second kappa shape index (κ2) is 7.21. The van der Waals surface area contributed by atoms with E-state index in [0.717, 1.165) is 21.6 Å². The zero-order valence-electron chi connectivity index (χ0n) is 15.1. The number of thiophene rings is 1. The summed E-state index contributed by atoms with van der Waals surface area (Å²) in [5.74, 6) is 0.00137. The van der Waals surface area contributed by atoms with Crippen molar-refractivity contribution in [2.45, 2.75) is 34.1 Å². The van der Waals surface area contributed by atoms with Gasteiger partial charge in [0.2, 0.25) is 5.91 Å². The van der Waals surface area contributed by atoms with Gasteiger partial charge in [0.15, 0.2) is 0 Å². The molecule has 0 aliphatic heterocycles. The first-order valence-electron chi connectivity index (χ1n) is 8.23. The number of aryl methyl sites for hydroxylation is 4. The predicted octanol–water partition coefficient (Wildman–Crippen LogP) is 2.91. The monoisotopic (exact) mass is 368 g/mol. The van der Waals surface area contributed by atoms with Crippen molar-refractivity contribution in [2.24, 2.45) is 5.10 Å². The number of hydrogen-bond acceptors (Lipinski definition) is 5. The summed E-state index contributed by atoms with van der Waals surface area (Å²) in [7, 11) is 0. The number of benzene rings is 1. The standard InChI is InChI=1S/C19H20N4O2S/c1-10-5-6-14(11(2)7-10)9-20-23-16(24)8-15-21-18(25)17-12(3)13(4)26-19(17)22-15/h5-7,9H,8H2,1-4H3,(H,23,24)(H,21,22,25)/b20-9-. The molecule has 6 nitrogen and oxygen atoms in total. The molecule has 26 heavy (non-hydrogen) atoms. The Bertz CT molecular complexity index is 1080. The normalized spacial score (nSPS) is 11.4. The lowest BCUT2D eigenvalue weighted by Gasteiger charge is -2.02. The van der Waals surface area contributed by atoms with E-state index in [1.165, 1.54) is 16.9 Å². The lowest BCUT2D eigenvalue weighted by atomic mass is 10.1. The molecule has 3 aromatic rings. The molecule has 0 unspecified atom stereocenters. The first kappa shape index (κ1) is 18.0. The molecule has 0 atom stereocenters. The lowest BCUT2D eigenvalue weighted by Crippen LogP contribution is -2.23. The predicted molar refractivity (Wildman–Crippen MR) is 105 cm³/mol. The summed E-state index contributed by atoms with van der Waals surface area (Å²) in [5.41, 5.74) is 6.40. The second-order valence-electron chi connectivity index (χ2n) is 6.31. The number of aromatic nitrogens is 2. The summed E-state index contributed by atoms with van der Waals surface area (Å²) in [4.78, 5) is 33.1. The average molecular weight is 368 g/mol. The number of fused-ring (bicyclic) bond motifs is 1. The van der Waals surface area contributed by atoms with Crippen molar-refractivity contribution in [1.29, 1.82) is 0 Å². The number of hydrogen-bond donors (Lipinski definition) is 2. The molecule has 0 saturated heterocycles. The number of nitrogens with one attached hydrogen (secondary N) is 2. The Hall–Kier alpha value is -2.80. The van der Waals surface area contributed by atoms with Gasteiger partial charge in [-0.3, -0.25) is 9.59 Å². The van der Waals surface area contributed by atoms with Crippen LogP contribution in [0.5, 0.6) is 0 Å². The second-order valence-corrected chi connectivity index (χ2v) is 7.51. The minimum absolute atomic E-state index is 0.0363. The van der Waals surface area contributed by atoms with Crippen LogP contribution in [0.3, 0.4) is 0 Å². The van der Waals surface area contributed by atoms with Crippen molar-refractivity contribution in [1.82, 2.24) is 15.4 Å². The van der Waals surface area contributed by atoms with Crippen LogP contribution in [0, 0.1) is 27.7 Å². The van der Waals surface area contributed by atoms with Crippen LogP contribution in [0.2, 0.25) is 0 Å². The van der Waals surface area contributed by atoms with Gasteiger partial charge in [0.25, 0.3) is 5.56 Å². The van der Waals surface area contributed by atoms with Crippen LogP contribution in [0.4, 0.5) is 0 Å². The van der Waals surface area contributed by atoms with Crippen LogP contribution in [-0.4, -0.2) is 22.1 Å². The van der Waals surface area contributed by atoms with Crippen molar-refractivity contribution < 1.29 is 4.79 Å². The quantitative estimate of drug-likeness (QED) is 0.548. The molecule has 0 saturated carbocycles. The minimum Gasteiger partial charge on any atom is -0.309 e. The van der Waals surface area contributed by atoms with Crippen LogP contribution in [0.1, 0.15) is 33.0 Å². The van der Waals surface area contributed by atoms with E-state index in [9.17, 15) is 9.59 Å². The van der Waals surface area contributed by atoms with Crippen LogP contribution < -0.4 is 11.0 Å². The summed E-state index contributed by atoms with van der Waals surface area (Å²) in [5, 5.41) is 4.59. The Kier molecular flexibility index (Phi) is 4.99. The molecule has 0 fully saturated rings. The van der Waals surface area contributed by atoms with Crippen molar-refractivity contribution in [3.8, 4) is 0 Å². The van der Waals surface area contributed by atoms with Crippen LogP contribution in [0.25, 0.3) is 10.2 Å². The van der Waals surface area contributed by atoms with Crippen LogP contribution >= 0.6 is 11.3 Å². The topological polar surface area (TPSA) is 87.2 Å². The smallest absolute Gasteiger partial charge is 0.259 e. The molecule has 2 N–H and O–H groups in total. The first-order chi connectivity index (χ1) is 12.3. The Morgan fingerprint density at radius 2 is 2.08 bits per heavy atom. The van der Waals surface area contributed by atoms with E-state index in [2.05, 4.69) is 26.6 Å². The van der Waals surface area contributed by atoms with Crippen molar-refractivity contribution in [2.75, 3.05) is 0 Å². The van der Waals surface area contributed by atoms with Gasteiger partial charge in [-0.1, -0.05) is 23.8 Å². The van der Waals surface area contributed by atoms with Crippen LogP contribution in [0.15, 0.2) is 28.1 Å². The minimum atomic E-state index is -0.335. The molecule has 0 aliphatic carbocycles. The number of nitrogens with zero attached hydrogens (tertiary/aromatic N) is 2. The molecule has 0 spiro atoms. The fourth-order valence-electron chi connectivity index (χ4n) is 2.72. The van der Waals surface area contributed by atoms with Gasteiger partial charge in [-0.05, 0) is 44.4 Å². The molecular formula is C19H20N4O2S. The molecule has 1 aromatic carbocycles. The van der Waals surface area contributed by atoms with Crippen LogP contribution in [-0.2, 0) is 11.2 Å². The number of carbonyl (C=O) groups excluding carboxylic acids is 1. The van der Waals surface area contributed by atoms with Crippen molar-refractivity contribution in [3.05, 3.63) is 61.5 Å². The molecule has 134 valence electrons. The van der Waals surface area contributed by atoms with E-state index in [1.807, 2.05) is 39.8 Å². The summed E-state index contributed by atoms with van der Waals surface area (Å²) < 4.78 is 0. The number of amides is 1. The molecule has 2 heterocycles. The summed E-state index contributed by atoms with van der Waals surface area (Å²) in [6.07, 6.45) is 1.57. The summed E-state index contributed by atoms with van der Waals surface area (Å²) >= 11 is 1.46. The van der Waals surface area contributed by atoms with E-state index in [1.54, 1.807) is 6.21 Å². The summed E-state index contributed by atoms with van der Waals surface area (Å²) in [6.45, 7) is 7.87. The zero-order chi connectivity index (χ0) is 18.8. The maximum Gasteiger partial charge on any atom is 0.259 e. The molecule has 7 heteroatoms. The number of aromatic amines is 1. The van der Waals surface area contributed by atoms with Gasteiger partial charge in [0, 0.05) is 4.88 Å². The Morgan fingerprint density at radius 3 is 2.81 bits per heavy atom. The van der Waals surface area contributed by atoms with Gasteiger partial charge in [0.05, 0.1) is 18.0 Å². The molecule has 3 rings (SSSR count). The molecule has 0 bridgehead atoms. The van der Waals surface area contributed by atoms with Gasteiger partial charge < -0.3 is 4.98 Å². The highest BCUT2D eigenvalue weighted by molar-refractivity contribution is 7.18. The molecule has 0 radical (unpaired) electrons. The lowest BCUT2D eigenvalue weighted by molar-refractivity contribution is -0.120. The number of hydrazone groups is 1. The first-order valence-corrected chi connectivity index (χ1v) is 9.05. The summed E-state index contributed by atoms with van der Waals surface area (Å²) in [6, 6.07) is 6.00. The van der Waals surface area contributed by atoms with E-state index < -0.39 is 0 Å². The highest BCUT2D eigenvalue weighted by atomic mass is 32.1. The molecule has 1 amide bonds. The third-order valence-corrected chi connectivity index (χ3v) is 5.34. The maximum absolute atomic E-state index is 12.2. The third kappa shape index (κ3) is 3.72. The third-order valence-electron chi connectivity index (χ3n) is 4.23. The maximum atomic E-state index is 12.2. The Labute approximate surface area is 155 Å². The van der Waals surface area contributed by atoms with E-state index >= 15 is 0 Å². The fourth-order valence-corrected chi connectivity index (χ4v) is 3.77. The van der Waals surface area contributed by atoms with Gasteiger partial charge in [-0.2, -0.15) is 5.10 Å². The van der Waals surface area contributed by atoms with Gasteiger partial charge in [-0.15, -0.1) is 11.3 Å². The molecular weight excluding hydrogens is 348 g/mol. The molecule has 2 aromatic heterocycles. The fraction of sp³-hybridized carbons (Fsp3) is 0.263. The highest BCUT2D eigenvalue weighted by Gasteiger charge is 2.13. The highest BCUT2D eigenvalue weighted by Crippen LogP contribution is 2.25. The number of carbonyl (C=O) groups is 1. The van der Waals surface area contributed by atoms with E-state index in [-0.39, 0.29) is 17.9 Å². The zero-order valence-corrected chi connectivity index (χ0v) is 16.0. The average Bonchev–Trinajstić information content (AvgIpc) is 2.84. The van der Waals surface area contributed by atoms with Crippen molar-refractivity contribution >= 4 is 33.7 Å². The van der Waals surface area contributed by atoms with Gasteiger partial charge in [0.1, 0.15) is 10.7 Å². The van der Waals surface area contributed by atoms with Gasteiger partial charge in [-0.25, -0.2) is 10.4 Å². The Morgan fingerprint density at radius 1 is 1.31 bits per heavy atom. The van der Waals surface area contributed by atoms with Gasteiger partial charge >= 0.3 is 0 Å². The number of rotatable bonds is 4. The van der Waals surface area contributed by atoms with E-state index in [4.69, 9.17) is 0 Å².